The number of nitrogens with one attached hydrogen (secondary N) is 1. The maximum absolute atomic E-state index is 14.6. The zero-order valence-electron chi connectivity index (χ0n) is 16.8. The molecule has 3 aliphatic rings. The molecule has 0 unspecified atom stereocenters. The van der Waals surface area contributed by atoms with Gasteiger partial charge in [0.15, 0.2) is 5.96 Å². The summed E-state index contributed by atoms with van der Waals surface area (Å²) < 4.78 is 19.9. The van der Waals surface area contributed by atoms with Gasteiger partial charge < -0.3 is 19.9 Å². The molecular weight excluding hydrogens is 470 g/mol. The number of nitrogens with zero attached hydrogens (tertiary/aromatic N) is 3. The fourth-order valence-corrected chi connectivity index (χ4v) is 4.88. The second kappa shape index (κ2) is 9.61. The summed E-state index contributed by atoms with van der Waals surface area (Å²) >= 11 is 0. The maximum Gasteiger partial charge on any atom is 0.193 e. The van der Waals surface area contributed by atoms with E-state index in [2.05, 4.69) is 20.1 Å². The van der Waals surface area contributed by atoms with Crippen LogP contribution in [-0.4, -0.2) is 57.3 Å². The Labute approximate surface area is 184 Å². The van der Waals surface area contributed by atoms with Crippen molar-refractivity contribution in [1.82, 2.24) is 10.2 Å². The van der Waals surface area contributed by atoms with Crippen LogP contribution in [-0.2, 0) is 11.3 Å². The summed E-state index contributed by atoms with van der Waals surface area (Å²) in [7, 11) is 1.84. The molecule has 1 N–H and O–H groups in total. The van der Waals surface area contributed by atoms with E-state index in [1.807, 2.05) is 19.2 Å². The summed E-state index contributed by atoms with van der Waals surface area (Å²) in [5, 5.41) is 3.44. The van der Waals surface area contributed by atoms with Crippen LogP contribution in [0.15, 0.2) is 23.2 Å². The number of morpholine rings is 1. The van der Waals surface area contributed by atoms with Crippen LogP contribution >= 0.6 is 24.0 Å². The molecule has 2 aliphatic heterocycles. The van der Waals surface area contributed by atoms with Crippen LogP contribution in [0.3, 0.4) is 0 Å². The monoisotopic (exact) mass is 502 g/mol. The molecule has 156 valence electrons. The Bertz CT molecular complexity index is 687. The Morgan fingerprint density at radius 3 is 2.61 bits per heavy atom. The molecule has 4 rings (SSSR count). The highest BCUT2D eigenvalue weighted by molar-refractivity contribution is 14.0. The highest BCUT2D eigenvalue weighted by atomic mass is 127. The molecule has 2 saturated heterocycles. The molecular formula is C21H32FIN4O. The van der Waals surface area contributed by atoms with Crippen LogP contribution in [0.2, 0.25) is 0 Å². The summed E-state index contributed by atoms with van der Waals surface area (Å²) in [6.07, 6.45) is 6.73. The average Bonchev–Trinajstić information content (AvgIpc) is 3.33. The van der Waals surface area contributed by atoms with E-state index < -0.39 is 0 Å². The molecule has 1 aromatic rings. The van der Waals surface area contributed by atoms with Crippen molar-refractivity contribution in [3.63, 3.8) is 0 Å². The lowest BCUT2D eigenvalue weighted by molar-refractivity contribution is 0.122. The van der Waals surface area contributed by atoms with Gasteiger partial charge in [0.1, 0.15) is 5.82 Å². The zero-order valence-corrected chi connectivity index (χ0v) is 19.1. The first kappa shape index (κ1) is 21.6. The Morgan fingerprint density at radius 1 is 1.18 bits per heavy atom. The number of halogens is 2. The van der Waals surface area contributed by atoms with Crippen molar-refractivity contribution in [3.8, 4) is 0 Å². The fourth-order valence-electron chi connectivity index (χ4n) is 4.88. The van der Waals surface area contributed by atoms with Crippen molar-refractivity contribution in [3.05, 3.63) is 29.6 Å². The molecule has 2 heterocycles. The Hall–Kier alpha value is -1.09. The Morgan fingerprint density at radius 2 is 1.93 bits per heavy atom. The van der Waals surface area contributed by atoms with E-state index in [9.17, 15) is 4.39 Å². The number of hydrogen-bond acceptors (Lipinski definition) is 3. The van der Waals surface area contributed by atoms with E-state index in [-0.39, 0.29) is 29.8 Å². The van der Waals surface area contributed by atoms with Crippen LogP contribution in [0.5, 0.6) is 0 Å². The number of ether oxygens (including phenoxy) is 1. The Kier molecular flexibility index (Phi) is 7.42. The molecule has 0 aromatic heterocycles. The van der Waals surface area contributed by atoms with Crippen LogP contribution in [0.1, 0.15) is 37.7 Å². The van der Waals surface area contributed by atoms with Gasteiger partial charge in [0, 0.05) is 39.8 Å². The molecule has 3 fully saturated rings. The van der Waals surface area contributed by atoms with Gasteiger partial charge >= 0.3 is 0 Å². The van der Waals surface area contributed by atoms with E-state index in [4.69, 9.17) is 4.74 Å². The number of benzene rings is 1. The van der Waals surface area contributed by atoms with Crippen LogP contribution < -0.4 is 10.2 Å². The molecule has 28 heavy (non-hydrogen) atoms. The Balaban J connectivity index is 0.00000225. The molecule has 5 nitrogen and oxygen atoms in total. The molecule has 1 spiro atoms. The number of anilines is 1. The van der Waals surface area contributed by atoms with E-state index in [0.29, 0.717) is 30.9 Å². The standard InChI is InChI=1S/C21H31FN4O.HI/c1-23-20(26-9-8-21(16-26)6-2-3-7-21)24-15-17-4-5-19(18(22)14-17)25-10-12-27-13-11-25;/h4-5,14H,2-3,6-13,15-16H2,1H3,(H,23,24);1H. The topological polar surface area (TPSA) is 40.1 Å². The van der Waals surface area contributed by atoms with Gasteiger partial charge in [-0.05, 0) is 42.4 Å². The first-order chi connectivity index (χ1) is 13.2. The third-order valence-corrected chi connectivity index (χ3v) is 6.43. The molecule has 0 bridgehead atoms. The van der Waals surface area contributed by atoms with Crippen molar-refractivity contribution in [1.29, 1.82) is 0 Å². The zero-order chi connectivity index (χ0) is 18.7. The lowest BCUT2D eigenvalue weighted by atomic mass is 9.86. The SMILES string of the molecule is CN=C(NCc1ccc(N2CCOCC2)c(F)c1)N1CCC2(CCCC2)C1.I. The highest BCUT2D eigenvalue weighted by Crippen LogP contribution is 2.45. The van der Waals surface area contributed by atoms with E-state index in [0.717, 1.165) is 37.7 Å². The fraction of sp³-hybridized carbons (Fsp3) is 0.667. The smallest absolute Gasteiger partial charge is 0.193 e. The lowest BCUT2D eigenvalue weighted by Gasteiger charge is -2.29. The minimum absolute atomic E-state index is 0. The van der Waals surface area contributed by atoms with E-state index in [1.165, 1.54) is 32.1 Å². The van der Waals surface area contributed by atoms with Gasteiger partial charge in [-0.2, -0.15) is 0 Å². The van der Waals surface area contributed by atoms with Crippen molar-refractivity contribution >= 4 is 35.6 Å². The molecule has 7 heteroatoms. The largest absolute Gasteiger partial charge is 0.378 e. The normalized spacial score (nSPS) is 21.9. The first-order valence-corrected chi connectivity index (χ1v) is 10.3. The van der Waals surface area contributed by atoms with Gasteiger partial charge in [-0.15, -0.1) is 24.0 Å². The van der Waals surface area contributed by atoms with Crippen molar-refractivity contribution in [2.24, 2.45) is 10.4 Å². The minimum Gasteiger partial charge on any atom is -0.378 e. The quantitative estimate of drug-likeness (QED) is 0.390. The molecule has 0 amide bonds. The van der Waals surface area contributed by atoms with Crippen LogP contribution in [0.4, 0.5) is 10.1 Å². The number of guanidine groups is 1. The van der Waals surface area contributed by atoms with Gasteiger partial charge in [0.2, 0.25) is 0 Å². The third-order valence-electron chi connectivity index (χ3n) is 6.43. The first-order valence-electron chi connectivity index (χ1n) is 10.3. The molecule has 0 radical (unpaired) electrons. The third kappa shape index (κ3) is 4.72. The predicted octanol–water partition coefficient (Wildman–Crippen LogP) is 3.62. The summed E-state index contributed by atoms with van der Waals surface area (Å²) in [6, 6.07) is 5.55. The molecule has 1 saturated carbocycles. The van der Waals surface area contributed by atoms with Crippen LogP contribution in [0, 0.1) is 11.2 Å². The predicted molar refractivity (Wildman–Crippen MR) is 122 cm³/mol. The second-order valence-corrected chi connectivity index (χ2v) is 8.16. The average molecular weight is 502 g/mol. The minimum atomic E-state index is -0.155. The number of aliphatic imine (C=N–C) groups is 1. The molecule has 0 atom stereocenters. The van der Waals surface area contributed by atoms with Crippen molar-refractivity contribution in [2.75, 3.05) is 51.3 Å². The van der Waals surface area contributed by atoms with Crippen molar-refractivity contribution in [2.45, 2.75) is 38.6 Å². The molecule has 1 aliphatic carbocycles. The summed E-state index contributed by atoms with van der Waals surface area (Å²) in [5.74, 6) is 0.786. The molecule has 1 aromatic carbocycles. The van der Waals surface area contributed by atoms with Gasteiger partial charge in [0.25, 0.3) is 0 Å². The van der Waals surface area contributed by atoms with Gasteiger partial charge in [-0.3, -0.25) is 4.99 Å². The van der Waals surface area contributed by atoms with Gasteiger partial charge in [-0.1, -0.05) is 18.9 Å². The van der Waals surface area contributed by atoms with Gasteiger partial charge in [0.05, 0.1) is 18.9 Å². The van der Waals surface area contributed by atoms with E-state index >= 15 is 0 Å². The van der Waals surface area contributed by atoms with E-state index in [1.54, 1.807) is 6.07 Å². The summed E-state index contributed by atoms with van der Waals surface area (Å²) in [4.78, 5) is 8.90. The second-order valence-electron chi connectivity index (χ2n) is 8.16. The lowest BCUT2D eigenvalue weighted by Crippen LogP contribution is -2.40. The summed E-state index contributed by atoms with van der Waals surface area (Å²) in [5.41, 5.74) is 2.14. The highest BCUT2D eigenvalue weighted by Gasteiger charge is 2.41. The summed E-state index contributed by atoms with van der Waals surface area (Å²) in [6.45, 7) is 5.60. The van der Waals surface area contributed by atoms with Crippen LogP contribution in [0.25, 0.3) is 0 Å². The van der Waals surface area contributed by atoms with Crippen molar-refractivity contribution < 1.29 is 9.13 Å². The van der Waals surface area contributed by atoms with Gasteiger partial charge in [-0.25, -0.2) is 4.39 Å². The number of hydrogen-bond donors (Lipinski definition) is 1. The number of likely N-dealkylation sites (tertiary alicyclic amines) is 1. The number of rotatable bonds is 3. The maximum atomic E-state index is 14.6.